The van der Waals surface area contributed by atoms with Crippen LogP contribution in [0.25, 0.3) is 4.96 Å². The molecule has 0 aliphatic carbocycles. The Kier molecular flexibility index (Phi) is 10.4. The molecule has 0 bridgehead atoms. The van der Waals surface area contributed by atoms with Crippen molar-refractivity contribution in [3.05, 3.63) is 112 Å². The molecule has 0 aliphatic heterocycles. The van der Waals surface area contributed by atoms with Gasteiger partial charge in [-0.2, -0.15) is 4.40 Å². The molecule has 0 saturated carbocycles. The second-order valence-electron chi connectivity index (χ2n) is 11.4. The van der Waals surface area contributed by atoms with E-state index < -0.39 is 18.0 Å². The number of fused-ring (bicyclic) bond motifs is 1. The van der Waals surface area contributed by atoms with Gasteiger partial charge in [0.2, 0.25) is 5.91 Å². The summed E-state index contributed by atoms with van der Waals surface area (Å²) in [5, 5.41) is 18.3. The number of esters is 1. The van der Waals surface area contributed by atoms with E-state index >= 15 is 0 Å². The third-order valence-electron chi connectivity index (χ3n) is 7.32. The normalized spacial score (nSPS) is 11.7. The zero-order valence-corrected chi connectivity index (χ0v) is 27.5. The fourth-order valence-corrected chi connectivity index (χ4v) is 5.97. The number of anilines is 1. The van der Waals surface area contributed by atoms with Crippen LogP contribution in [-0.4, -0.2) is 46.8 Å². The maximum Gasteiger partial charge on any atom is 0.346 e. The van der Waals surface area contributed by atoms with Crippen LogP contribution >= 0.6 is 11.3 Å². The summed E-state index contributed by atoms with van der Waals surface area (Å²) in [5.41, 5.74) is 3.53. The van der Waals surface area contributed by atoms with Crippen LogP contribution in [0.5, 0.6) is 11.5 Å². The second-order valence-corrected chi connectivity index (χ2v) is 12.6. The Morgan fingerprint density at radius 1 is 0.936 bits per heavy atom. The van der Waals surface area contributed by atoms with Crippen LogP contribution in [0.2, 0.25) is 0 Å². The van der Waals surface area contributed by atoms with Gasteiger partial charge >= 0.3 is 17.0 Å². The molecule has 4 N–H and O–H groups in total. The lowest BCUT2D eigenvalue weighted by molar-refractivity contribution is -0.506. The molecule has 244 valence electrons. The molecule has 1 atom stereocenters. The SMILES string of the molecule is COc1ccc(Cn2c(CNC(=O)[C@H](Cc3ccc(O)cc3)NC(=O)Nc3ccc(C(=O)OC(C)C)cc3)c[n+]3cc(C)sc23)cc1. The maximum atomic E-state index is 13.6. The van der Waals surface area contributed by atoms with Crippen molar-refractivity contribution in [1.29, 1.82) is 0 Å². The third kappa shape index (κ3) is 8.67. The molecule has 3 amide bonds. The third-order valence-corrected chi connectivity index (χ3v) is 8.36. The Morgan fingerprint density at radius 3 is 2.28 bits per heavy atom. The molecule has 0 fully saturated rings. The molecule has 0 spiro atoms. The highest BCUT2D eigenvalue weighted by molar-refractivity contribution is 7.16. The predicted octanol–water partition coefficient (Wildman–Crippen LogP) is 4.97. The van der Waals surface area contributed by atoms with Gasteiger partial charge in [0.15, 0.2) is 5.69 Å². The lowest BCUT2D eigenvalue weighted by Gasteiger charge is -2.19. The van der Waals surface area contributed by atoms with Crippen molar-refractivity contribution in [3.8, 4) is 11.5 Å². The molecule has 11 nitrogen and oxygen atoms in total. The largest absolute Gasteiger partial charge is 0.508 e. The van der Waals surface area contributed by atoms with Gasteiger partial charge in [-0.1, -0.05) is 35.6 Å². The predicted molar refractivity (Wildman–Crippen MR) is 179 cm³/mol. The standard InChI is InChI=1S/C35H37N5O6S/c1-22(2)46-33(43)26-9-11-27(12-10-26)37-34(44)38-31(17-24-5-13-29(41)14-6-24)32(42)36-18-28-21-39-19-23(3)47-35(39)40(28)20-25-7-15-30(45-4)16-8-25/h5-16,19,21-22,31H,17-18,20H2,1-4H3,(H3-,36,37,38,41,42,43,44)/p+1/t31-/m0/s1. The van der Waals surface area contributed by atoms with Gasteiger partial charge in [0.05, 0.1) is 25.3 Å². The highest BCUT2D eigenvalue weighted by Gasteiger charge is 2.25. The van der Waals surface area contributed by atoms with Gasteiger partial charge in [-0.05, 0) is 80.4 Å². The summed E-state index contributed by atoms with van der Waals surface area (Å²) < 4.78 is 14.7. The Balaban J connectivity index is 1.30. The first-order chi connectivity index (χ1) is 22.6. The average Bonchev–Trinajstić information content (AvgIpc) is 3.56. The number of aryl methyl sites for hydroxylation is 1. The quantitative estimate of drug-likeness (QED) is 0.111. The van der Waals surface area contributed by atoms with E-state index in [4.69, 9.17) is 9.47 Å². The Labute approximate surface area is 276 Å². The molecule has 0 aliphatic rings. The number of ether oxygens (including phenoxy) is 2. The number of urea groups is 1. The van der Waals surface area contributed by atoms with Crippen molar-refractivity contribution < 1.29 is 33.4 Å². The Bertz CT molecular complexity index is 1850. The summed E-state index contributed by atoms with van der Waals surface area (Å²) in [6, 6.07) is 19.1. The summed E-state index contributed by atoms with van der Waals surface area (Å²) >= 11 is 1.66. The highest BCUT2D eigenvalue weighted by atomic mass is 32.1. The highest BCUT2D eigenvalue weighted by Crippen LogP contribution is 2.20. The van der Waals surface area contributed by atoms with Gasteiger partial charge in [0.1, 0.15) is 36.5 Å². The summed E-state index contributed by atoms with van der Waals surface area (Å²) in [6.45, 7) is 6.41. The Morgan fingerprint density at radius 2 is 1.62 bits per heavy atom. The number of nitrogens with zero attached hydrogens (tertiary/aromatic N) is 2. The average molecular weight is 657 g/mol. The van der Waals surface area contributed by atoms with Gasteiger partial charge in [-0.25, -0.2) is 14.2 Å². The van der Waals surface area contributed by atoms with Crippen molar-refractivity contribution in [2.75, 3.05) is 12.4 Å². The minimum Gasteiger partial charge on any atom is -0.508 e. The first-order valence-corrected chi connectivity index (χ1v) is 16.0. The van der Waals surface area contributed by atoms with Crippen LogP contribution in [-0.2, 0) is 29.0 Å². The number of phenolic OH excluding ortho intramolecular Hbond substituents is 1. The molecule has 3 aromatic carbocycles. The number of aromatic hydroxyl groups is 1. The monoisotopic (exact) mass is 656 g/mol. The van der Waals surface area contributed by atoms with Crippen LogP contribution in [0.4, 0.5) is 10.5 Å². The van der Waals surface area contributed by atoms with Gasteiger partial charge in [-0.3, -0.25) is 4.79 Å². The van der Waals surface area contributed by atoms with E-state index in [9.17, 15) is 19.5 Å². The van der Waals surface area contributed by atoms with E-state index in [-0.39, 0.29) is 30.7 Å². The molecule has 5 rings (SSSR count). The summed E-state index contributed by atoms with van der Waals surface area (Å²) in [6.07, 6.45) is 3.99. The number of amides is 3. The fourth-order valence-electron chi connectivity index (χ4n) is 5.01. The number of rotatable bonds is 12. The van der Waals surface area contributed by atoms with Crippen molar-refractivity contribution in [2.24, 2.45) is 0 Å². The van der Waals surface area contributed by atoms with Crippen molar-refractivity contribution in [1.82, 2.24) is 15.2 Å². The van der Waals surface area contributed by atoms with Gasteiger partial charge in [0.25, 0.3) is 0 Å². The van der Waals surface area contributed by atoms with Crippen molar-refractivity contribution in [2.45, 2.75) is 52.4 Å². The van der Waals surface area contributed by atoms with E-state index in [0.29, 0.717) is 17.8 Å². The molecule has 0 saturated heterocycles. The number of hydrogen-bond donors (Lipinski definition) is 4. The molecule has 2 aromatic heterocycles. The molecule has 0 unspecified atom stereocenters. The van der Waals surface area contributed by atoms with Crippen LogP contribution in [0.15, 0.2) is 85.2 Å². The number of imidazole rings is 1. The van der Waals surface area contributed by atoms with E-state index in [1.165, 1.54) is 12.1 Å². The smallest absolute Gasteiger partial charge is 0.346 e. The topological polar surface area (TPSA) is 135 Å². The number of hydrogen-bond acceptors (Lipinski definition) is 7. The number of thiazole rings is 1. The molecule has 2 heterocycles. The van der Waals surface area contributed by atoms with E-state index in [1.54, 1.807) is 68.7 Å². The molecular weight excluding hydrogens is 618 g/mol. The number of carbonyl (C=O) groups is 3. The lowest BCUT2D eigenvalue weighted by Crippen LogP contribution is -2.49. The van der Waals surface area contributed by atoms with Crippen LogP contribution < -0.4 is 25.1 Å². The molecular formula is C35H38N5O6S+. The minimum atomic E-state index is -0.930. The molecule has 0 radical (unpaired) electrons. The molecule has 12 heteroatoms. The zero-order chi connectivity index (χ0) is 33.5. The fraction of sp³-hybridized carbons (Fsp3) is 0.257. The van der Waals surface area contributed by atoms with Crippen LogP contribution in [0.3, 0.4) is 0 Å². The Hall–Kier alpha value is -5.36. The van der Waals surface area contributed by atoms with Gasteiger partial charge in [-0.15, -0.1) is 0 Å². The van der Waals surface area contributed by atoms with E-state index in [0.717, 1.165) is 32.4 Å². The van der Waals surface area contributed by atoms with E-state index in [1.807, 2.05) is 30.5 Å². The van der Waals surface area contributed by atoms with Gasteiger partial charge < -0.3 is 30.5 Å². The van der Waals surface area contributed by atoms with Crippen molar-refractivity contribution in [3.63, 3.8) is 0 Å². The van der Waals surface area contributed by atoms with Crippen LogP contribution in [0.1, 0.15) is 45.9 Å². The number of phenols is 1. The van der Waals surface area contributed by atoms with Crippen LogP contribution in [0, 0.1) is 6.92 Å². The molecule has 5 aromatic rings. The summed E-state index contributed by atoms with van der Waals surface area (Å²) in [5.74, 6) is 0.0539. The van der Waals surface area contributed by atoms with Crippen molar-refractivity contribution >= 4 is 39.9 Å². The minimum absolute atomic E-state index is 0.103. The molecule has 47 heavy (non-hydrogen) atoms. The number of carbonyl (C=O) groups excluding carboxylic acids is 3. The first kappa shape index (κ1) is 33.0. The maximum absolute atomic E-state index is 13.6. The lowest BCUT2D eigenvalue weighted by atomic mass is 10.0. The van der Waals surface area contributed by atoms with E-state index in [2.05, 4.69) is 38.0 Å². The first-order valence-electron chi connectivity index (χ1n) is 15.1. The number of aromatic nitrogens is 2. The zero-order valence-electron chi connectivity index (χ0n) is 26.7. The number of nitrogens with one attached hydrogen (secondary N) is 3. The summed E-state index contributed by atoms with van der Waals surface area (Å²) in [7, 11) is 1.63. The number of methoxy groups -OCH3 is 1. The second kappa shape index (κ2) is 14.8. The van der Waals surface area contributed by atoms with Gasteiger partial charge in [0, 0.05) is 17.0 Å². The number of benzene rings is 3. The summed E-state index contributed by atoms with van der Waals surface area (Å²) in [4.78, 5) is 41.1.